The number of aromatic nitrogens is 3. The van der Waals surface area contributed by atoms with Crippen molar-refractivity contribution in [3.63, 3.8) is 0 Å². The number of likely N-dealkylation sites (N-methyl/N-ethyl adjacent to an activating group) is 1. The summed E-state index contributed by atoms with van der Waals surface area (Å²) in [5, 5.41) is 0.666. The third kappa shape index (κ3) is 2.32. The Balaban J connectivity index is 1.90. The maximum Gasteiger partial charge on any atom is 0.261 e. The van der Waals surface area contributed by atoms with Gasteiger partial charge in [-0.05, 0) is 45.2 Å². The minimum atomic E-state index is -0.0555. The Hall–Kier alpha value is -2.53. The minimum Gasteiger partial charge on any atom is -0.293 e. The van der Waals surface area contributed by atoms with Crippen molar-refractivity contribution in [3.05, 3.63) is 58.8 Å². The molecule has 0 radical (unpaired) electrons. The van der Waals surface area contributed by atoms with E-state index in [4.69, 9.17) is 4.98 Å². The Morgan fingerprint density at radius 2 is 2.00 bits per heavy atom. The zero-order chi connectivity index (χ0) is 16.9. The van der Waals surface area contributed by atoms with Crippen LogP contribution in [0, 0.1) is 0 Å². The Labute approximate surface area is 140 Å². The second kappa shape index (κ2) is 5.24. The summed E-state index contributed by atoms with van der Waals surface area (Å²) in [6.07, 6.45) is 1.77. The Morgan fingerprint density at radius 3 is 2.75 bits per heavy atom. The fraction of sp³-hybridized carbons (Fsp3) is 0.316. The largest absolute Gasteiger partial charge is 0.293 e. The Morgan fingerprint density at radius 1 is 1.17 bits per heavy atom. The molecule has 0 fully saturated rings. The minimum absolute atomic E-state index is 0.0451. The van der Waals surface area contributed by atoms with Crippen molar-refractivity contribution in [2.75, 3.05) is 7.05 Å². The van der Waals surface area contributed by atoms with Crippen molar-refractivity contribution >= 4 is 10.9 Å². The summed E-state index contributed by atoms with van der Waals surface area (Å²) in [6.45, 7) is 5.63. The van der Waals surface area contributed by atoms with Gasteiger partial charge in [-0.2, -0.15) is 0 Å². The highest BCUT2D eigenvalue weighted by atomic mass is 16.1. The van der Waals surface area contributed by atoms with Crippen LogP contribution < -0.4 is 5.56 Å². The molecule has 5 nitrogen and oxygen atoms in total. The van der Waals surface area contributed by atoms with E-state index in [2.05, 4.69) is 30.8 Å². The molecule has 0 amide bonds. The van der Waals surface area contributed by atoms with Gasteiger partial charge in [0, 0.05) is 23.8 Å². The molecule has 0 unspecified atom stereocenters. The van der Waals surface area contributed by atoms with E-state index in [0.29, 0.717) is 18.5 Å². The van der Waals surface area contributed by atoms with Crippen LogP contribution in [0.5, 0.6) is 0 Å². The van der Waals surface area contributed by atoms with Gasteiger partial charge in [-0.1, -0.05) is 12.1 Å². The first kappa shape index (κ1) is 15.0. The number of pyridine rings is 1. The van der Waals surface area contributed by atoms with Crippen LogP contribution in [0.2, 0.25) is 0 Å². The van der Waals surface area contributed by atoms with Gasteiger partial charge in [0.05, 0.1) is 23.1 Å². The topological polar surface area (TPSA) is 51.0 Å². The molecule has 0 atom stereocenters. The number of hydrogen-bond acceptors (Lipinski definition) is 4. The summed E-state index contributed by atoms with van der Waals surface area (Å²) in [4.78, 5) is 24.3. The molecule has 24 heavy (non-hydrogen) atoms. The lowest BCUT2D eigenvalue weighted by molar-refractivity contribution is 0.0925. The Kier molecular flexibility index (Phi) is 3.28. The van der Waals surface area contributed by atoms with Crippen LogP contribution in [-0.2, 0) is 13.1 Å². The number of rotatable bonds is 1. The molecule has 122 valence electrons. The van der Waals surface area contributed by atoms with Crippen LogP contribution in [0.25, 0.3) is 22.2 Å². The van der Waals surface area contributed by atoms with Crippen molar-refractivity contribution in [2.24, 2.45) is 0 Å². The molecule has 0 bridgehead atoms. The molecular formula is C19H20N4O. The van der Waals surface area contributed by atoms with Gasteiger partial charge in [0.1, 0.15) is 5.82 Å². The van der Waals surface area contributed by atoms with Gasteiger partial charge in [0.25, 0.3) is 5.56 Å². The van der Waals surface area contributed by atoms with E-state index in [9.17, 15) is 4.79 Å². The lowest BCUT2D eigenvalue weighted by Crippen LogP contribution is -2.51. The second-order valence-corrected chi connectivity index (χ2v) is 7.03. The van der Waals surface area contributed by atoms with Crippen LogP contribution in [0.3, 0.4) is 0 Å². The second-order valence-electron chi connectivity index (χ2n) is 7.03. The zero-order valence-electron chi connectivity index (χ0n) is 14.2. The fourth-order valence-corrected chi connectivity index (χ4v) is 3.18. The van der Waals surface area contributed by atoms with Crippen molar-refractivity contribution in [2.45, 2.75) is 32.5 Å². The van der Waals surface area contributed by atoms with Crippen LogP contribution in [-0.4, -0.2) is 32.0 Å². The summed E-state index contributed by atoms with van der Waals surface area (Å²) in [5.74, 6) is 0.826. The zero-order valence-corrected chi connectivity index (χ0v) is 14.2. The molecule has 2 aromatic heterocycles. The van der Waals surface area contributed by atoms with E-state index in [-0.39, 0.29) is 11.1 Å². The smallest absolute Gasteiger partial charge is 0.261 e. The molecule has 3 heterocycles. The molecule has 0 saturated carbocycles. The molecule has 1 aliphatic heterocycles. The van der Waals surface area contributed by atoms with Gasteiger partial charge in [-0.3, -0.25) is 19.2 Å². The lowest BCUT2D eigenvalue weighted by Gasteiger charge is -2.40. The van der Waals surface area contributed by atoms with E-state index in [0.717, 1.165) is 22.6 Å². The molecule has 0 aliphatic carbocycles. The fourth-order valence-electron chi connectivity index (χ4n) is 3.18. The third-order valence-corrected chi connectivity index (χ3v) is 4.95. The predicted molar refractivity (Wildman–Crippen MR) is 94.8 cm³/mol. The van der Waals surface area contributed by atoms with Gasteiger partial charge in [-0.15, -0.1) is 0 Å². The lowest BCUT2D eigenvalue weighted by atomic mass is 10.0. The summed E-state index contributed by atoms with van der Waals surface area (Å²) >= 11 is 0. The van der Waals surface area contributed by atoms with Gasteiger partial charge >= 0.3 is 0 Å². The first-order valence-electron chi connectivity index (χ1n) is 8.12. The average Bonchev–Trinajstić information content (AvgIpc) is 2.57. The maximum absolute atomic E-state index is 12.9. The third-order valence-electron chi connectivity index (χ3n) is 4.95. The molecule has 1 aromatic carbocycles. The number of benzene rings is 1. The van der Waals surface area contributed by atoms with Crippen molar-refractivity contribution < 1.29 is 0 Å². The van der Waals surface area contributed by atoms with Crippen LogP contribution >= 0.6 is 0 Å². The average molecular weight is 320 g/mol. The monoisotopic (exact) mass is 320 g/mol. The van der Waals surface area contributed by atoms with Crippen molar-refractivity contribution in [1.29, 1.82) is 0 Å². The van der Waals surface area contributed by atoms with Crippen LogP contribution in [0.4, 0.5) is 0 Å². The Bertz CT molecular complexity index is 976. The highest BCUT2D eigenvalue weighted by Gasteiger charge is 2.31. The maximum atomic E-state index is 12.9. The molecule has 0 N–H and O–H groups in total. The number of fused-ring (bicyclic) bond motifs is 2. The molecule has 4 rings (SSSR count). The van der Waals surface area contributed by atoms with Crippen LogP contribution in [0.15, 0.2) is 47.4 Å². The van der Waals surface area contributed by atoms with Crippen molar-refractivity contribution in [3.8, 4) is 11.3 Å². The number of hydrogen-bond donors (Lipinski definition) is 0. The first-order chi connectivity index (χ1) is 11.5. The normalized spacial score (nSPS) is 17.0. The van der Waals surface area contributed by atoms with Gasteiger partial charge in [0.2, 0.25) is 0 Å². The van der Waals surface area contributed by atoms with E-state index in [1.54, 1.807) is 6.20 Å². The summed E-state index contributed by atoms with van der Waals surface area (Å²) in [6, 6.07) is 11.6. The number of nitrogens with zero attached hydrogens (tertiary/aromatic N) is 4. The van der Waals surface area contributed by atoms with Gasteiger partial charge < -0.3 is 0 Å². The standard InChI is InChI=1S/C19H20N4O/c1-19(2)12-23-17(11-22(19)3)21-16-10-13(7-8-14(16)18(23)24)15-6-4-5-9-20-15/h4-10H,11-12H2,1-3H3. The van der Waals surface area contributed by atoms with Crippen molar-refractivity contribution in [1.82, 2.24) is 19.4 Å². The van der Waals surface area contributed by atoms with Gasteiger partial charge in [0.15, 0.2) is 0 Å². The summed E-state index contributed by atoms with van der Waals surface area (Å²) in [5.41, 5.74) is 2.59. The predicted octanol–water partition coefficient (Wildman–Crippen LogP) is 2.68. The molecule has 0 saturated heterocycles. The quantitative estimate of drug-likeness (QED) is 0.692. The van der Waals surface area contributed by atoms with E-state index in [1.807, 2.05) is 41.0 Å². The molecular weight excluding hydrogens is 300 g/mol. The molecule has 0 spiro atoms. The highest BCUT2D eigenvalue weighted by molar-refractivity contribution is 5.83. The summed E-state index contributed by atoms with van der Waals surface area (Å²) < 4.78 is 1.82. The SMILES string of the molecule is CN1Cc2nc3cc(-c4ccccn4)ccc3c(=O)n2CC1(C)C. The van der Waals surface area contributed by atoms with E-state index in [1.165, 1.54) is 0 Å². The van der Waals surface area contributed by atoms with E-state index >= 15 is 0 Å². The molecule has 3 aromatic rings. The van der Waals surface area contributed by atoms with Crippen LogP contribution in [0.1, 0.15) is 19.7 Å². The van der Waals surface area contributed by atoms with E-state index < -0.39 is 0 Å². The summed E-state index contributed by atoms with van der Waals surface area (Å²) in [7, 11) is 2.07. The molecule has 5 heteroatoms. The first-order valence-corrected chi connectivity index (χ1v) is 8.12. The molecule has 1 aliphatic rings. The van der Waals surface area contributed by atoms with Gasteiger partial charge in [-0.25, -0.2) is 4.98 Å². The highest BCUT2D eigenvalue weighted by Crippen LogP contribution is 2.25.